The summed E-state index contributed by atoms with van der Waals surface area (Å²) < 4.78 is 0. The van der Waals surface area contributed by atoms with E-state index in [2.05, 4.69) is 0 Å². The predicted molar refractivity (Wildman–Crippen MR) is 99.8 cm³/mol. The van der Waals surface area contributed by atoms with Crippen molar-refractivity contribution in [1.29, 1.82) is 0 Å². The maximum atomic E-state index is 13.0. The molecule has 1 saturated carbocycles. The topological polar surface area (TPSA) is 60.9 Å². The van der Waals surface area contributed by atoms with Crippen molar-refractivity contribution in [3.8, 4) is 0 Å². The van der Waals surface area contributed by atoms with E-state index in [1.54, 1.807) is 50.7 Å². The van der Waals surface area contributed by atoms with Crippen LogP contribution < -0.4 is 0 Å². The average molecular weight is 394 g/mol. The van der Waals surface area contributed by atoms with E-state index in [0.29, 0.717) is 34.8 Å². The first-order chi connectivity index (χ1) is 12.5. The molecule has 1 unspecified atom stereocenters. The van der Waals surface area contributed by atoms with Crippen molar-refractivity contribution in [2.45, 2.75) is 18.9 Å². The third-order valence-electron chi connectivity index (χ3n) is 5.03. The van der Waals surface area contributed by atoms with Gasteiger partial charge in [-0.3, -0.25) is 14.4 Å². The predicted octanol–water partition coefficient (Wildman–Crippen LogP) is 1.89. The van der Waals surface area contributed by atoms with E-state index < -0.39 is 6.04 Å². The Labute approximate surface area is 161 Å². The van der Waals surface area contributed by atoms with Crippen LogP contribution in [0, 0.1) is 5.92 Å². The molecule has 0 spiro atoms. The third kappa shape index (κ3) is 3.55. The number of carbonyl (C=O) groups excluding carboxylic acids is 3. The molecule has 1 aliphatic carbocycles. The number of carbonyl (C=O) groups is 3. The quantitative estimate of drug-likeness (QED) is 0.783. The fourth-order valence-corrected chi connectivity index (χ4v) is 4.60. The largest absolute Gasteiger partial charge is 0.323 e. The number of benzene rings is 1. The number of nitrogens with zero attached hydrogens (tertiary/aromatic N) is 3. The molecule has 3 fully saturated rings. The van der Waals surface area contributed by atoms with E-state index in [1.165, 1.54) is 12.8 Å². The van der Waals surface area contributed by atoms with Gasteiger partial charge in [0.2, 0.25) is 11.8 Å². The number of hydrogen-bond donors (Lipinski definition) is 0. The van der Waals surface area contributed by atoms with Gasteiger partial charge in [0.1, 0.15) is 12.6 Å². The Morgan fingerprint density at radius 2 is 1.92 bits per heavy atom. The van der Waals surface area contributed by atoms with Crippen molar-refractivity contribution < 1.29 is 14.4 Å². The zero-order valence-corrected chi connectivity index (χ0v) is 15.8. The molecular formula is C18H20ClN3O3S. The summed E-state index contributed by atoms with van der Waals surface area (Å²) in [4.78, 5) is 42.9. The number of halogens is 1. The minimum Gasteiger partial charge on any atom is -0.323 e. The lowest BCUT2D eigenvalue weighted by Gasteiger charge is -2.27. The fraction of sp³-hybridized carbons (Fsp3) is 0.500. The van der Waals surface area contributed by atoms with Crippen LogP contribution >= 0.6 is 23.4 Å². The Hall–Kier alpha value is -1.73. The highest BCUT2D eigenvalue weighted by atomic mass is 35.5. The molecule has 2 saturated heterocycles. The smallest absolute Gasteiger partial charge is 0.255 e. The van der Waals surface area contributed by atoms with Gasteiger partial charge in [0.15, 0.2) is 0 Å². The third-order valence-corrected chi connectivity index (χ3v) is 6.29. The molecule has 8 heteroatoms. The molecule has 0 N–H and O–H groups in total. The maximum Gasteiger partial charge on any atom is 0.255 e. The lowest BCUT2D eigenvalue weighted by Crippen LogP contribution is -2.48. The van der Waals surface area contributed by atoms with Crippen molar-refractivity contribution in [2.75, 3.05) is 31.4 Å². The van der Waals surface area contributed by atoms with Gasteiger partial charge >= 0.3 is 0 Å². The number of thioether (sulfide) groups is 1. The van der Waals surface area contributed by atoms with Crippen LogP contribution in [0.1, 0.15) is 23.2 Å². The molecule has 0 aromatic heterocycles. The van der Waals surface area contributed by atoms with Crippen molar-refractivity contribution in [3.63, 3.8) is 0 Å². The Kier molecular flexibility index (Phi) is 4.84. The summed E-state index contributed by atoms with van der Waals surface area (Å²) in [7, 11) is 0. The monoisotopic (exact) mass is 393 g/mol. The van der Waals surface area contributed by atoms with Gasteiger partial charge in [-0.2, -0.15) is 0 Å². The molecule has 1 aromatic carbocycles. The summed E-state index contributed by atoms with van der Waals surface area (Å²) in [5.74, 6) is 1.33. The Morgan fingerprint density at radius 1 is 1.19 bits per heavy atom. The normalized spacial score (nSPS) is 23.0. The van der Waals surface area contributed by atoms with Gasteiger partial charge in [-0.15, -0.1) is 11.8 Å². The minimum atomic E-state index is -0.517. The fourth-order valence-electron chi connectivity index (χ4n) is 3.33. The van der Waals surface area contributed by atoms with Crippen molar-refractivity contribution in [2.24, 2.45) is 5.92 Å². The molecular weight excluding hydrogens is 374 g/mol. The molecule has 2 heterocycles. The highest BCUT2D eigenvalue weighted by Crippen LogP contribution is 2.31. The van der Waals surface area contributed by atoms with E-state index >= 15 is 0 Å². The van der Waals surface area contributed by atoms with Crippen molar-refractivity contribution in [3.05, 3.63) is 34.9 Å². The first kappa shape index (κ1) is 17.7. The first-order valence-corrected chi connectivity index (χ1v) is 10.3. The summed E-state index contributed by atoms with van der Waals surface area (Å²) >= 11 is 7.44. The summed E-state index contributed by atoms with van der Waals surface area (Å²) in [5, 5.41) is 0.566. The average Bonchev–Trinajstić information content (AvgIpc) is 3.18. The van der Waals surface area contributed by atoms with E-state index in [-0.39, 0.29) is 24.3 Å². The standard InChI is InChI=1S/C18H20ClN3O3S/c19-14-5-3-13(4-6-14)17(24)22-11-26-9-15(22)18(25)21-8-16(23)20(10-21)7-12-1-2-12/h3-6,12,15H,1-2,7-11H2. The van der Waals surface area contributed by atoms with Gasteiger partial charge in [0.25, 0.3) is 5.91 Å². The van der Waals surface area contributed by atoms with Crippen LogP contribution in [-0.4, -0.2) is 69.9 Å². The zero-order valence-electron chi connectivity index (χ0n) is 14.3. The summed E-state index contributed by atoms with van der Waals surface area (Å²) in [5.41, 5.74) is 0.516. The van der Waals surface area contributed by atoms with E-state index in [1.807, 2.05) is 0 Å². The van der Waals surface area contributed by atoms with Crippen LogP contribution in [0.15, 0.2) is 24.3 Å². The highest BCUT2D eigenvalue weighted by molar-refractivity contribution is 7.99. The van der Waals surface area contributed by atoms with E-state index in [0.717, 1.165) is 6.54 Å². The minimum absolute atomic E-state index is 0.00600. The second-order valence-electron chi connectivity index (χ2n) is 7.03. The molecule has 3 aliphatic rings. The van der Waals surface area contributed by atoms with Crippen LogP contribution in [-0.2, 0) is 9.59 Å². The van der Waals surface area contributed by atoms with Crippen LogP contribution in [0.3, 0.4) is 0 Å². The van der Waals surface area contributed by atoms with Gasteiger partial charge in [-0.05, 0) is 43.0 Å². The second kappa shape index (κ2) is 7.12. The van der Waals surface area contributed by atoms with Crippen molar-refractivity contribution in [1.82, 2.24) is 14.7 Å². The van der Waals surface area contributed by atoms with Crippen molar-refractivity contribution >= 4 is 41.1 Å². The number of amides is 3. The molecule has 138 valence electrons. The zero-order chi connectivity index (χ0) is 18.3. The van der Waals surface area contributed by atoms with E-state index in [9.17, 15) is 14.4 Å². The second-order valence-corrected chi connectivity index (χ2v) is 8.47. The molecule has 1 aromatic rings. The Balaban J connectivity index is 1.44. The molecule has 0 radical (unpaired) electrons. The maximum absolute atomic E-state index is 13.0. The van der Waals surface area contributed by atoms with Crippen LogP contribution in [0.25, 0.3) is 0 Å². The molecule has 26 heavy (non-hydrogen) atoms. The number of hydrogen-bond acceptors (Lipinski definition) is 4. The van der Waals surface area contributed by atoms with Gasteiger partial charge in [0, 0.05) is 22.9 Å². The number of rotatable bonds is 4. The van der Waals surface area contributed by atoms with E-state index in [4.69, 9.17) is 11.6 Å². The van der Waals surface area contributed by atoms with Gasteiger partial charge < -0.3 is 14.7 Å². The van der Waals surface area contributed by atoms with Gasteiger partial charge in [-0.1, -0.05) is 11.6 Å². The van der Waals surface area contributed by atoms with Gasteiger partial charge in [-0.25, -0.2) is 0 Å². The summed E-state index contributed by atoms with van der Waals surface area (Å²) in [6, 6.07) is 6.17. The Morgan fingerprint density at radius 3 is 2.62 bits per heavy atom. The molecule has 2 aliphatic heterocycles. The molecule has 4 rings (SSSR count). The Bertz CT molecular complexity index is 738. The lowest BCUT2D eigenvalue weighted by atomic mass is 10.1. The molecule has 1 atom stereocenters. The highest BCUT2D eigenvalue weighted by Gasteiger charge is 2.41. The molecule has 6 nitrogen and oxygen atoms in total. The molecule has 3 amide bonds. The van der Waals surface area contributed by atoms with Crippen LogP contribution in [0.4, 0.5) is 0 Å². The van der Waals surface area contributed by atoms with Crippen LogP contribution in [0.5, 0.6) is 0 Å². The molecule has 0 bridgehead atoms. The summed E-state index contributed by atoms with van der Waals surface area (Å²) in [6.45, 7) is 1.21. The summed E-state index contributed by atoms with van der Waals surface area (Å²) in [6.07, 6.45) is 2.33. The van der Waals surface area contributed by atoms with Gasteiger partial charge in [0.05, 0.1) is 12.5 Å². The SMILES string of the molecule is O=C1CN(C(=O)C2CSCN2C(=O)c2ccc(Cl)cc2)CN1CC1CC1. The first-order valence-electron chi connectivity index (χ1n) is 8.74. The van der Waals surface area contributed by atoms with Crippen LogP contribution in [0.2, 0.25) is 5.02 Å². The lowest BCUT2D eigenvalue weighted by molar-refractivity contribution is -0.135.